The molecular weight excluding hydrogens is 244 g/mol. The quantitative estimate of drug-likeness (QED) is 0.817. The maximum Gasteiger partial charge on any atom is 0.0447 e. The van der Waals surface area contributed by atoms with Gasteiger partial charge in [0.25, 0.3) is 0 Å². The zero-order chi connectivity index (χ0) is 14.9. The van der Waals surface area contributed by atoms with E-state index in [0.717, 1.165) is 40.9 Å². The second-order valence-corrected chi connectivity index (χ2v) is 5.46. The number of nitrogens with two attached hydrogens (primary N) is 2. The van der Waals surface area contributed by atoms with Crippen LogP contribution in [-0.2, 0) is 12.8 Å². The fourth-order valence-corrected chi connectivity index (χ4v) is 2.76. The minimum Gasteiger partial charge on any atom is -0.398 e. The molecule has 0 bridgehead atoms. The molecule has 106 valence electrons. The Balaban J connectivity index is 2.70. The third-order valence-electron chi connectivity index (χ3n) is 3.94. The average molecular weight is 268 g/mol. The molecule has 4 N–H and O–H groups in total. The minimum absolute atomic E-state index is 0.822. The highest BCUT2D eigenvalue weighted by Gasteiger charge is 2.12. The van der Waals surface area contributed by atoms with Crippen LogP contribution in [0.1, 0.15) is 36.1 Å². The zero-order valence-corrected chi connectivity index (χ0v) is 12.9. The number of nitrogen functional groups attached to an aromatic ring is 2. The second kappa shape index (κ2) is 5.58. The minimum atomic E-state index is 0.822. The molecule has 0 saturated heterocycles. The van der Waals surface area contributed by atoms with Gasteiger partial charge in [-0.15, -0.1) is 0 Å². The van der Waals surface area contributed by atoms with Gasteiger partial charge < -0.3 is 11.5 Å². The smallest absolute Gasteiger partial charge is 0.0447 e. The first-order valence-corrected chi connectivity index (χ1v) is 7.26. The monoisotopic (exact) mass is 268 g/mol. The fourth-order valence-electron chi connectivity index (χ4n) is 2.76. The van der Waals surface area contributed by atoms with Gasteiger partial charge in [-0.3, -0.25) is 0 Å². The summed E-state index contributed by atoms with van der Waals surface area (Å²) in [5.41, 5.74) is 21.2. The Kier molecular flexibility index (Phi) is 4.03. The molecule has 0 aromatic heterocycles. The predicted molar refractivity (Wildman–Crippen MR) is 88.9 cm³/mol. The predicted octanol–water partition coefficient (Wildman–Crippen LogP) is 4.26. The fraction of sp³-hybridized carbons (Fsp3) is 0.333. The molecule has 2 heteroatoms. The van der Waals surface area contributed by atoms with E-state index in [1.807, 2.05) is 6.92 Å². The van der Waals surface area contributed by atoms with Gasteiger partial charge in [-0.25, -0.2) is 0 Å². The van der Waals surface area contributed by atoms with E-state index >= 15 is 0 Å². The molecule has 0 fully saturated rings. The van der Waals surface area contributed by atoms with Gasteiger partial charge in [0, 0.05) is 16.9 Å². The molecule has 0 amide bonds. The Bertz CT molecular complexity index is 642. The first kappa shape index (κ1) is 14.4. The molecule has 2 rings (SSSR count). The van der Waals surface area contributed by atoms with Crippen LogP contribution in [0.4, 0.5) is 11.4 Å². The summed E-state index contributed by atoms with van der Waals surface area (Å²) in [6.45, 7) is 8.45. The maximum absolute atomic E-state index is 6.36. The van der Waals surface area contributed by atoms with E-state index in [-0.39, 0.29) is 0 Å². The summed E-state index contributed by atoms with van der Waals surface area (Å²) in [4.78, 5) is 0. The lowest BCUT2D eigenvalue weighted by Crippen LogP contribution is -2.04. The summed E-state index contributed by atoms with van der Waals surface area (Å²) >= 11 is 0. The Morgan fingerprint density at radius 1 is 0.850 bits per heavy atom. The van der Waals surface area contributed by atoms with Crippen molar-refractivity contribution in [3.8, 4) is 11.1 Å². The number of benzene rings is 2. The molecule has 0 aliphatic heterocycles. The highest BCUT2D eigenvalue weighted by molar-refractivity contribution is 5.84. The highest BCUT2D eigenvalue weighted by Crippen LogP contribution is 2.35. The summed E-state index contributed by atoms with van der Waals surface area (Å²) in [5, 5.41) is 0. The van der Waals surface area contributed by atoms with Crippen LogP contribution in [0, 0.1) is 13.8 Å². The van der Waals surface area contributed by atoms with Crippen LogP contribution < -0.4 is 11.5 Å². The van der Waals surface area contributed by atoms with Gasteiger partial charge in [0.05, 0.1) is 0 Å². The van der Waals surface area contributed by atoms with Crippen LogP contribution in [0.5, 0.6) is 0 Å². The first-order valence-electron chi connectivity index (χ1n) is 7.26. The number of aryl methyl sites for hydroxylation is 3. The van der Waals surface area contributed by atoms with Crippen LogP contribution in [0.15, 0.2) is 24.3 Å². The van der Waals surface area contributed by atoms with Crippen molar-refractivity contribution in [3.05, 3.63) is 46.5 Å². The average Bonchev–Trinajstić information content (AvgIpc) is 2.42. The molecule has 20 heavy (non-hydrogen) atoms. The lowest BCUT2D eigenvalue weighted by atomic mass is 9.92. The van der Waals surface area contributed by atoms with Crippen molar-refractivity contribution in [3.63, 3.8) is 0 Å². The van der Waals surface area contributed by atoms with E-state index in [2.05, 4.69) is 45.0 Å². The number of hydrogen-bond donors (Lipinski definition) is 2. The van der Waals surface area contributed by atoms with Gasteiger partial charge in [-0.2, -0.15) is 0 Å². The molecule has 0 atom stereocenters. The van der Waals surface area contributed by atoms with E-state index in [0.29, 0.717) is 0 Å². The largest absolute Gasteiger partial charge is 0.398 e. The molecule has 0 spiro atoms. The van der Waals surface area contributed by atoms with Crippen LogP contribution in [-0.4, -0.2) is 0 Å². The number of rotatable bonds is 3. The van der Waals surface area contributed by atoms with Gasteiger partial charge in [-0.1, -0.05) is 37.6 Å². The Hall–Kier alpha value is -1.96. The third-order valence-corrected chi connectivity index (χ3v) is 3.94. The van der Waals surface area contributed by atoms with E-state index in [1.54, 1.807) is 0 Å². The topological polar surface area (TPSA) is 52.0 Å². The summed E-state index contributed by atoms with van der Waals surface area (Å²) in [7, 11) is 0. The van der Waals surface area contributed by atoms with Crippen molar-refractivity contribution in [1.29, 1.82) is 0 Å². The second-order valence-electron chi connectivity index (χ2n) is 5.46. The lowest BCUT2D eigenvalue weighted by Gasteiger charge is -2.16. The molecule has 2 nitrogen and oxygen atoms in total. The molecule has 0 radical (unpaired) electrons. The van der Waals surface area contributed by atoms with Crippen LogP contribution >= 0.6 is 0 Å². The lowest BCUT2D eigenvalue weighted by molar-refractivity contribution is 1.13. The van der Waals surface area contributed by atoms with Crippen molar-refractivity contribution in [2.75, 3.05) is 11.5 Å². The normalized spacial score (nSPS) is 10.8. The van der Waals surface area contributed by atoms with Crippen LogP contribution in [0.2, 0.25) is 0 Å². The van der Waals surface area contributed by atoms with E-state index in [4.69, 9.17) is 11.5 Å². The Labute approximate surface area is 121 Å². The van der Waals surface area contributed by atoms with E-state index < -0.39 is 0 Å². The van der Waals surface area contributed by atoms with E-state index in [1.165, 1.54) is 16.7 Å². The molecule has 0 aliphatic rings. The molecule has 2 aromatic carbocycles. The molecule has 0 unspecified atom stereocenters. The van der Waals surface area contributed by atoms with Crippen LogP contribution in [0.25, 0.3) is 11.1 Å². The van der Waals surface area contributed by atoms with Gasteiger partial charge >= 0.3 is 0 Å². The Morgan fingerprint density at radius 2 is 1.55 bits per heavy atom. The van der Waals surface area contributed by atoms with Crippen molar-refractivity contribution in [2.24, 2.45) is 0 Å². The SMILES string of the molecule is CCc1cc(C)cc(-c2cc(C)c(N)c(CC)c2N)c1. The molecular formula is C18H24N2. The number of hydrogen-bond acceptors (Lipinski definition) is 2. The maximum atomic E-state index is 6.36. The molecule has 2 aromatic rings. The first-order chi connectivity index (χ1) is 9.47. The highest BCUT2D eigenvalue weighted by atomic mass is 14.6. The van der Waals surface area contributed by atoms with Crippen molar-refractivity contribution in [2.45, 2.75) is 40.5 Å². The third kappa shape index (κ3) is 2.51. The molecule has 0 heterocycles. The molecule has 0 aliphatic carbocycles. The standard InChI is InChI=1S/C18H24N2/c1-5-13-7-11(3)8-14(10-13)16-9-12(4)17(19)15(6-2)18(16)20/h7-10H,5-6,19-20H2,1-4H3. The number of anilines is 2. The van der Waals surface area contributed by atoms with E-state index in [9.17, 15) is 0 Å². The van der Waals surface area contributed by atoms with Gasteiger partial charge in [-0.05, 0) is 55.0 Å². The summed E-state index contributed by atoms with van der Waals surface area (Å²) in [5.74, 6) is 0. The molecule has 0 saturated carbocycles. The van der Waals surface area contributed by atoms with Crippen molar-refractivity contribution >= 4 is 11.4 Å². The van der Waals surface area contributed by atoms with Crippen LogP contribution in [0.3, 0.4) is 0 Å². The zero-order valence-electron chi connectivity index (χ0n) is 12.9. The Morgan fingerprint density at radius 3 is 2.15 bits per heavy atom. The summed E-state index contributed by atoms with van der Waals surface area (Å²) < 4.78 is 0. The van der Waals surface area contributed by atoms with Gasteiger partial charge in [0.2, 0.25) is 0 Å². The van der Waals surface area contributed by atoms with Crippen molar-refractivity contribution < 1.29 is 0 Å². The summed E-state index contributed by atoms with van der Waals surface area (Å²) in [6.07, 6.45) is 1.89. The van der Waals surface area contributed by atoms with Gasteiger partial charge in [0.15, 0.2) is 0 Å². The van der Waals surface area contributed by atoms with Crippen molar-refractivity contribution in [1.82, 2.24) is 0 Å². The van der Waals surface area contributed by atoms with Gasteiger partial charge in [0.1, 0.15) is 0 Å². The summed E-state index contributed by atoms with van der Waals surface area (Å²) in [6, 6.07) is 8.76.